The number of nitrogens with one attached hydrogen (secondary N) is 1. The first-order valence-electron chi connectivity index (χ1n) is 3.17. The van der Waals surface area contributed by atoms with Crippen molar-refractivity contribution in [3.63, 3.8) is 0 Å². The van der Waals surface area contributed by atoms with Gasteiger partial charge in [-0.3, -0.25) is 5.10 Å². The number of aromatic amines is 1. The van der Waals surface area contributed by atoms with Crippen LogP contribution in [0.4, 0.5) is 5.82 Å². The van der Waals surface area contributed by atoms with Crippen LogP contribution in [0.5, 0.6) is 0 Å². The van der Waals surface area contributed by atoms with E-state index in [1.807, 2.05) is 6.07 Å². The number of nitrogens with zero attached hydrogens (tertiary/aromatic N) is 4. The van der Waals surface area contributed by atoms with Crippen molar-refractivity contribution in [3.05, 3.63) is 12.0 Å². The first-order chi connectivity index (χ1) is 5.83. The summed E-state index contributed by atoms with van der Waals surface area (Å²) in [6, 6.07) is 1.91. The molecule has 0 unspecified atom stereocenters. The first-order valence-corrected chi connectivity index (χ1v) is 3.17. The van der Waals surface area contributed by atoms with Crippen LogP contribution >= 0.6 is 0 Å². The van der Waals surface area contributed by atoms with Crippen molar-refractivity contribution in [2.45, 2.75) is 0 Å². The molecule has 0 atom stereocenters. The number of nitriles is 1. The molecule has 2 rings (SSSR count). The molecule has 0 fully saturated rings. The maximum Gasteiger partial charge on any atom is 1.00 e. The quantitative estimate of drug-likeness (QED) is 0.422. The van der Waals surface area contributed by atoms with Gasteiger partial charge in [0.2, 0.25) is 0 Å². The number of anilines is 1. The van der Waals surface area contributed by atoms with E-state index in [0.717, 1.165) is 0 Å². The Kier molecular flexibility index (Phi) is 2.83. The van der Waals surface area contributed by atoms with Crippen LogP contribution in [-0.4, -0.2) is 20.2 Å². The fourth-order valence-corrected chi connectivity index (χ4v) is 0.960. The van der Waals surface area contributed by atoms with Crippen LogP contribution in [0.15, 0.2) is 6.33 Å². The summed E-state index contributed by atoms with van der Waals surface area (Å²) in [5.41, 5.74) is 6.23. The van der Waals surface area contributed by atoms with E-state index in [4.69, 9.17) is 11.0 Å². The summed E-state index contributed by atoms with van der Waals surface area (Å²) in [6.07, 6.45) is 1.31. The third kappa shape index (κ3) is 1.49. The van der Waals surface area contributed by atoms with Gasteiger partial charge in [0.1, 0.15) is 23.9 Å². The van der Waals surface area contributed by atoms with E-state index in [1.165, 1.54) is 6.33 Å². The Bertz CT molecular complexity index is 475. The molecule has 0 aromatic carbocycles. The third-order valence-corrected chi connectivity index (χ3v) is 1.49. The molecule has 0 aliphatic heterocycles. The smallest absolute Gasteiger partial charge is 1.00 e. The maximum atomic E-state index is 8.62. The molecule has 0 radical (unpaired) electrons. The van der Waals surface area contributed by atoms with E-state index in [1.54, 1.807) is 0 Å². The molecule has 0 aliphatic carbocycles. The molecule has 3 N–H and O–H groups in total. The van der Waals surface area contributed by atoms with Gasteiger partial charge >= 0.3 is 29.6 Å². The van der Waals surface area contributed by atoms with E-state index in [9.17, 15) is 0 Å². The van der Waals surface area contributed by atoms with Gasteiger partial charge in [-0.1, -0.05) is 0 Å². The van der Waals surface area contributed by atoms with Gasteiger partial charge in [0.15, 0.2) is 5.65 Å². The zero-order valence-corrected chi connectivity index (χ0v) is 8.94. The number of hydrogen-bond acceptors (Lipinski definition) is 5. The minimum atomic E-state index is 0. The van der Waals surface area contributed by atoms with Crippen molar-refractivity contribution >= 4 is 16.9 Å². The van der Waals surface area contributed by atoms with E-state index in [0.29, 0.717) is 16.7 Å². The van der Waals surface area contributed by atoms with Crippen LogP contribution in [0, 0.1) is 11.3 Å². The topological polar surface area (TPSA) is 104 Å². The summed E-state index contributed by atoms with van der Waals surface area (Å²) in [4.78, 5) is 7.57. The normalized spacial score (nSPS) is 9.15. The summed E-state index contributed by atoms with van der Waals surface area (Å²) in [5, 5.41) is 15.4. The number of fused-ring (bicyclic) bond motifs is 1. The Hall–Kier alpha value is -1.16. The molecule has 0 saturated carbocycles. The number of hydrogen-bond donors (Lipinski definition) is 2. The van der Waals surface area contributed by atoms with Crippen LogP contribution in [-0.2, 0) is 0 Å². The van der Waals surface area contributed by atoms with Crippen LogP contribution in [0.1, 0.15) is 7.12 Å². The number of aromatic nitrogens is 4. The Labute approximate surface area is 96.9 Å². The van der Waals surface area contributed by atoms with Gasteiger partial charge in [-0.15, -0.1) is 0 Å². The summed E-state index contributed by atoms with van der Waals surface area (Å²) in [7, 11) is 0. The summed E-state index contributed by atoms with van der Waals surface area (Å²) in [6.45, 7) is 0. The Balaban J connectivity index is 0.000000845. The number of nitrogens with two attached hydrogens (primary N) is 1. The first kappa shape index (κ1) is 9.92. The molecule has 0 aliphatic rings. The standard InChI is InChI=1S/C6H4N6.Na.H/c7-1-3-4-5(8)9-2-10-6(4)12-11-3;;/h2H,(H3,8,9,10,11,12);;/q;+1;-1. The molecule has 0 saturated heterocycles. The molecule has 2 heterocycles. The molecule has 0 bridgehead atoms. The zero-order valence-electron chi connectivity index (χ0n) is 7.94. The molecule has 7 heteroatoms. The molecule has 13 heavy (non-hydrogen) atoms. The molecular weight excluding hydrogens is 179 g/mol. The summed E-state index contributed by atoms with van der Waals surface area (Å²) < 4.78 is 0. The minimum Gasteiger partial charge on any atom is -1.00 e. The van der Waals surface area contributed by atoms with Crippen molar-refractivity contribution in [2.75, 3.05) is 5.73 Å². The molecule has 0 amide bonds. The third-order valence-electron chi connectivity index (χ3n) is 1.49. The zero-order chi connectivity index (χ0) is 8.55. The second kappa shape index (κ2) is 3.70. The van der Waals surface area contributed by atoms with Crippen LogP contribution in [0.25, 0.3) is 11.0 Å². The Morgan fingerprint density at radius 3 is 3.00 bits per heavy atom. The largest absolute Gasteiger partial charge is 1.00 e. The van der Waals surface area contributed by atoms with Gasteiger partial charge in [-0.2, -0.15) is 10.4 Å². The van der Waals surface area contributed by atoms with Gasteiger partial charge in [0, 0.05) is 0 Å². The van der Waals surface area contributed by atoms with E-state index in [-0.39, 0.29) is 36.8 Å². The van der Waals surface area contributed by atoms with Crippen molar-refractivity contribution in [1.29, 1.82) is 5.26 Å². The van der Waals surface area contributed by atoms with Crippen molar-refractivity contribution < 1.29 is 31.0 Å². The van der Waals surface area contributed by atoms with Crippen molar-refractivity contribution in [1.82, 2.24) is 20.2 Å². The van der Waals surface area contributed by atoms with Gasteiger partial charge in [0.05, 0.1) is 5.39 Å². The molecule has 0 spiro atoms. The maximum absolute atomic E-state index is 8.62. The second-order valence-electron chi connectivity index (χ2n) is 2.17. The average molecular weight is 184 g/mol. The van der Waals surface area contributed by atoms with Gasteiger partial charge < -0.3 is 7.16 Å². The van der Waals surface area contributed by atoms with Crippen molar-refractivity contribution in [3.8, 4) is 6.07 Å². The summed E-state index contributed by atoms with van der Waals surface area (Å²) >= 11 is 0. The van der Waals surface area contributed by atoms with Crippen LogP contribution in [0.3, 0.4) is 0 Å². The predicted octanol–water partition coefficient (Wildman–Crippen LogP) is -3.08. The second-order valence-corrected chi connectivity index (χ2v) is 2.17. The molecular formula is C6H5N6Na. The molecule has 60 valence electrons. The molecule has 2 aromatic heterocycles. The van der Waals surface area contributed by atoms with Crippen molar-refractivity contribution in [2.24, 2.45) is 0 Å². The molecule has 6 nitrogen and oxygen atoms in total. The van der Waals surface area contributed by atoms with E-state index in [2.05, 4.69) is 20.2 Å². The number of nitrogen functional groups attached to an aromatic ring is 1. The van der Waals surface area contributed by atoms with E-state index < -0.39 is 0 Å². The monoisotopic (exact) mass is 184 g/mol. The van der Waals surface area contributed by atoms with Crippen LogP contribution in [0.2, 0.25) is 0 Å². The Morgan fingerprint density at radius 1 is 1.54 bits per heavy atom. The van der Waals surface area contributed by atoms with Gasteiger partial charge in [-0.25, -0.2) is 9.97 Å². The minimum absolute atomic E-state index is 0. The fraction of sp³-hybridized carbons (Fsp3) is 0. The van der Waals surface area contributed by atoms with E-state index >= 15 is 0 Å². The van der Waals surface area contributed by atoms with Gasteiger partial charge in [-0.05, 0) is 0 Å². The predicted molar refractivity (Wildman–Crippen MR) is 41.9 cm³/mol. The SMILES string of the molecule is N#Cc1[nH]nc2ncnc(N)c12.[H-].[Na+]. The van der Waals surface area contributed by atoms with Crippen LogP contribution < -0.4 is 35.3 Å². The van der Waals surface area contributed by atoms with Gasteiger partial charge in [0.25, 0.3) is 0 Å². The Morgan fingerprint density at radius 2 is 2.31 bits per heavy atom. The number of H-pyrrole nitrogens is 1. The average Bonchev–Trinajstić information content (AvgIpc) is 2.49. The number of rotatable bonds is 0. The molecule has 2 aromatic rings. The fourth-order valence-electron chi connectivity index (χ4n) is 0.960. The summed E-state index contributed by atoms with van der Waals surface area (Å²) in [5.74, 6) is 0.269.